The molecule has 0 fully saturated rings. The number of nitrogens with one attached hydrogen (secondary N) is 3. The maximum atomic E-state index is 13.1. The molecule has 0 saturated heterocycles. The van der Waals surface area contributed by atoms with Gasteiger partial charge >= 0.3 is 0 Å². The number of hydrogen-bond donors (Lipinski definition) is 3. The highest BCUT2D eigenvalue weighted by atomic mass is 16.5. The van der Waals surface area contributed by atoms with Gasteiger partial charge in [0.2, 0.25) is 5.91 Å². The summed E-state index contributed by atoms with van der Waals surface area (Å²) in [6, 6.07) is 12.9. The van der Waals surface area contributed by atoms with Crippen molar-refractivity contribution in [1.82, 2.24) is 14.8 Å². The second-order valence-corrected chi connectivity index (χ2v) is 8.82. The van der Waals surface area contributed by atoms with E-state index < -0.39 is 0 Å². The van der Waals surface area contributed by atoms with Gasteiger partial charge in [-0.2, -0.15) is 5.10 Å². The maximum absolute atomic E-state index is 13.1. The predicted octanol–water partition coefficient (Wildman–Crippen LogP) is 4.39. The number of anilines is 2. The molecule has 4 aromatic rings. The summed E-state index contributed by atoms with van der Waals surface area (Å²) in [4.78, 5) is 28.9. The van der Waals surface area contributed by atoms with Crippen molar-refractivity contribution in [2.75, 3.05) is 17.7 Å². The van der Waals surface area contributed by atoms with E-state index in [4.69, 9.17) is 4.74 Å². The number of fused-ring (bicyclic) bond motifs is 3. The largest absolute Gasteiger partial charge is 0.497 e. The molecule has 0 radical (unpaired) electrons. The topological polar surface area (TPSA) is 101 Å². The van der Waals surface area contributed by atoms with Crippen LogP contribution in [0.2, 0.25) is 0 Å². The lowest BCUT2D eigenvalue weighted by molar-refractivity contribution is -0.116. The van der Waals surface area contributed by atoms with Crippen LogP contribution in [0.4, 0.5) is 11.4 Å². The van der Waals surface area contributed by atoms with Crippen molar-refractivity contribution in [3.8, 4) is 5.75 Å². The fraction of sp³-hybridized carbons (Fsp3) is 0.269. The number of ether oxygens (including phenoxy) is 1. The van der Waals surface area contributed by atoms with E-state index in [1.165, 1.54) is 15.9 Å². The molecule has 8 nitrogen and oxygen atoms in total. The summed E-state index contributed by atoms with van der Waals surface area (Å²) in [7, 11) is 1.59. The van der Waals surface area contributed by atoms with Gasteiger partial charge in [-0.25, -0.2) is 0 Å². The van der Waals surface area contributed by atoms with E-state index in [1.54, 1.807) is 43.8 Å². The van der Waals surface area contributed by atoms with Crippen molar-refractivity contribution in [1.29, 1.82) is 0 Å². The molecule has 1 unspecified atom stereocenters. The first-order valence-electron chi connectivity index (χ1n) is 11.4. The minimum Gasteiger partial charge on any atom is -0.497 e. The van der Waals surface area contributed by atoms with Gasteiger partial charge in [0.25, 0.3) is 5.91 Å². The Kier molecular flexibility index (Phi) is 5.79. The Labute approximate surface area is 197 Å². The van der Waals surface area contributed by atoms with Crippen LogP contribution in [0.1, 0.15) is 35.0 Å². The first kappa shape index (κ1) is 21.8. The number of H-pyrrole nitrogens is 1. The number of carbonyl (C=O) groups excluding carboxylic acids is 2. The Bertz CT molecular complexity index is 1350. The summed E-state index contributed by atoms with van der Waals surface area (Å²) >= 11 is 0. The SMILES string of the molecule is COc1ccc(NC(=O)Cn2cc(NC(=O)c3cccc4c5c([nH]c34)CCC(C)C5)cn2)cc1. The fourth-order valence-corrected chi connectivity index (χ4v) is 4.54. The summed E-state index contributed by atoms with van der Waals surface area (Å²) < 4.78 is 6.61. The molecule has 2 aromatic carbocycles. The van der Waals surface area contributed by atoms with E-state index in [2.05, 4.69) is 33.7 Å². The van der Waals surface area contributed by atoms with Gasteiger partial charge in [-0.3, -0.25) is 14.3 Å². The summed E-state index contributed by atoms with van der Waals surface area (Å²) in [5, 5.41) is 11.1. The van der Waals surface area contributed by atoms with Gasteiger partial charge in [0.15, 0.2) is 0 Å². The minimum atomic E-state index is -0.220. The van der Waals surface area contributed by atoms with E-state index in [9.17, 15) is 9.59 Å². The standard InChI is InChI=1S/C26H27N5O3/c1-16-6-11-23-22(12-16)20-4-3-5-21(25(20)30-23)26(33)29-18-13-27-31(14-18)15-24(32)28-17-7-9-19(34-2)10-8-17/h3-5,7-10,13-14,16,30H,6,11-12,15H2,1-2H3,(H,28,32)(H,29,33). The van der Waals surface area contributed by atoms with Crippen molar-refractivity contribution in [2.45, 2.75) is 32.7 Å². The molecule has 3 N–H and O–H groups in total. The number of aromatic amines is 1. The molecule has 2 amide bonds. The van der Waals surface area contributed by atoms with E-state index in [-0.39, 0.29) is 18.4 Å². The molecule has 174 valence electrons. The highest BCUT2D eigenvalue weighted by molar-refractivity contribution is 6.12. The number of rotatable bonds is 6. The van der Waals surface area contributed by atoms with Crippen LogP contribution < -0.4 is 15.4 Å². The molecule has 0 aliphatic heterocycles. The molecule has 0 spiro atoms. The second kappa shape index (κ2) is 9.05. The number of nitrogens with zero attached hydrogens (tertiary/aromatic N) is 2. The number of methoxy groups -OCH3 is 1. The van der Waals surface area contributed by atoms with Gasteiger partial charge in [0.1, 0.15) is 12.3 Å². The molecule has 34 heavy (non-hydrogen) atoms. The molecule has 5 rings (SSSR count). The highest BCUT2D eigenvalue weighted by Gasteiger charge is 2.22. The van der Waals surface area contributed by atoms with Crippen LogP contribution in [0.5, 0.6) is 5.75 Å². The molecular formula is C26H27N5O3. The first-order chi connectivity index (χ1) is 16.5. The van der Waals surface area contributed by atoms with E-state index in [1.807, 2.05) is 12.1 Å². The van der Waals surface area contributed by atoms with Gasteiger partial charge in [-0.05, 0) is 61.1 Å². The van der Waals surface area contributed by atoms with Crippen molar-refractivity contribution >= 4 is 34.1 Å². The molecule has 8 heteroatoms. The molecule has 1 atom stereocenters. The Hall–Kier alpha value is -4.07. The van der Waals surface area contributed by atoms with Crippen molar-refractivity contribution < 1.29 is 14.3 Å². The maximum Gasteiger partial charge on any atom is 0.257 e. The lowest BCUT2D eigenvalue weighted by atomic mass is 9.87. The quantitative estimate of drug-likeness (QED) is 0.400. The third-order valence-corrected chi connectivity index (χ3v) is 6.28. The fourth-order valence-electron chi connectivity index (χ4n) is 4.54. The van der Waals surface area contributed by atoms with Crippen molar-refractivity contribution in [3.05, 3.63) is 71.7 Å². The van der Waals surface area contributed by atoms with E-state index >= 15 is 0 Å². The van der Waals surface area contributed by atoms with Crippen LogP contribution in [0.15, 0.2) is 54.9 Å². The van der Waals surface area contributed by atoms with E-state index in [0.29, 0.717) is 22.9 Å². The van der Waals surface area contributed by atoms with Crippen LogP contribution in [0.25, 0.3) is 10.9 Å². The van der Waals surface area contributed by atoms with Gasteiger partial charge in [0, 0.05) is 23.0 Å². The van der Waals surface area contributed by atoms with E-state index in [0.717, 1.165) is 35.9 Å². The molecular weight excluding hydrogens is 430 g/mol. The minimum absolute atomic E-state index is 0.0268. The number of aryl methyl sites for hydroxylation is 1. The van der Waals surface area contributed by atoms with Gasteiger partial charge in [-0.15, -0.1) is 0 Å². The van der Waals surface area contributed by atoms with Gasteiger partial charge in [-0.1, -0.05) is 19.1 Å². The average Bonchev–Trinajstić information content (AvgIpc) is 3.43. The molecule has 2 heterocycles. The lowest BCUT2D eigenvalue weighted by Gasteiger charge is -2.17. The number of carbonyl (C=O) groups is 2. The van der Waals surface area contributed by atoms with Crippen LogP contribution in [-0.4, -0.2) is 33.7 Å². The van der Waals surface area contributed by atoms with Crippen molar-refractivity contribution in [2.24, 2.45) is 5.92 Å². The Morgan fingerprint density at radius 3 is 2.76 bits per heavy atom. The number of hydrogen-bond acceptors (Lipinski definition) is 4. The van der Waals surface area contributed by atoms with Crippen LogP contribution in [0.3, 0.4) is 0 Å². The van der Waals surface area contributed by atoms with Crippen LogP contribution >= 0.6 is 0 Å². The highest BCUT2D eigenvalue weighted by Crippen LogP contribution is 2.33. The molecule has 0 saturated carbocycles. The zero-order chi connectivity index (χ0) is 23.7. The Morgan fingerprint density at radius 2 is 1.97 bits per heavy atom. The first-order valence-corrected chi connectivity index (χ1v) is 11.4. The van der Waals surface area contributed by atoms with Gasteiger partial charge in [0.05, 0.1) is 30.1 Å². The van der Waals surface area contributed by atoms with Crippen LogP contribution in [-0.2, 0) is 24.2 Å². The lowest BCUT2D eigenvalue weighted by Crippen LogP contribution is -2.19. The summed E-state index contributed by atoms with van der Waals surface area (Å²) in [6.07, 6.45) is 6.39. The monoisotopic (exact) mass is 457 g/mol. The predicted molar refractivity (Wildman–Crippen MR) is 131 cm³/mol. The Morgan fingerprint density at radius 1 is 1.15 bits per heavy atom. The number of benzene rings is 2. The molecule has 2 aromatic heterocycles. The summed E-state index contributed by atoms with van der Waals surface area (Å²) in [6.45, 7) is 2.30. The second-order valence-electron chi connectivity index (χ2n) is 8.82. The number of aromatic nitrogens is 3. The number of para-hydroxylation sites is 1. The average molecular weight is 458 g/mol. The number of amides is 2. The Balaban J connectivity index is 1.26. The molecule has 1 aliphatic carbocycles. The summed E-state index contributed by atoms with van der Waals surface area (Å²) in [5.41, 5.74) is 5.25. The zero-order valence-electron chi connectivity index (χ0n) is 19.2. The van der Waals surface area contributed by atoms with Crippen LogP contribution in [0, 0.1) is 5.92 Å². The zero-order valence-corrected chi connectivity index (χ0v) is 19.2. The van der Waals surface area contributed by atoms with Crippen molar-refractivity contribution in [3.63, 3.8) is 0 Å². The van der Waals surface area contributed by atoms with Gasteiger partial charge < -0.3 is 20.4 Å². The third kappa shape index (κ3) is 4.39. The third-order valence-electron chi connectivity index (χ3n) is 6.28. The molecule has 1 aliphatic rings. The summed E-state index contributed by atoms with van der Waals surface area (Å²) in [5.74, 6) is 0.938. The molecule has 0 bridgehead atoms. The normalized spacial score (nSPS) is 15.1. The smallest absolute Gasteiger partial charge is 0.257 e.